The van der Waals surface area contributed by atoms with Gasteiger partial charge in [-0.25, -0.2) is 0 Å². The van der Waals surface area contributed by atoms with Crippen LogP contribution in [-0.2, 0) is 9.59 Å². The van der Waals surface area contributed by atoms with Crippen LogP contribution in [0.3, 0.4) is 0 Å². The predicted molar refractivity (Wildman–Crippen MR) is 92.6 cm³/mol. The molecule has 5 nitrogen and oxygen atoms in total. The van der Waals surface area contributed by atoms with Gasteiger partial charge in [0.15, 0.2) is 0 Å². The van der Waals surface area contributed by atoms with E-state index >= 15 is 0 Å². The van der Waals surface area contributed by atoms with Gasteiger partial charge in [-0.15, -0.1) is 0 Å². The second kappa shape index (κ2) is 8.31. The first-order valence-electron chi connectivity index (χ1n) is 7.96. The largest absolute Gasteiger partial charge is 0.342 e. The topological polar surface area (TPSA) is 52.7 Å². The van der Waals surface area contributed by atoms with E-state index in [9.17, 15) is 9.59 Å². The third-order valence-corrected chi connectivity index (χ3v) is 4.33. The Kier molecular flexibility index (Phi) is 6.42. The lowest BCUT2D eigenvalue weighted by Gasteiger charge is -2.31. The number of rotatable bonds is 5. The van der Waals surface area contributed by atoms with E-state index in [1.165, 1.54) is 0 Å². The van der Waals surface area contributed by atoms with Crippen molar-refractivity contribution < 1.29 is 9.59 Å². The van der Waals surface area contributed by atoms with Crippen molar-refractivity contribution in [3.8, 4) is 0 Å². The third-order valence-electron chi connectivity index (χ3n) is 4.08. The fourth-order valence-electron chi connectivity index (χ4n) is 2.62. The number of benzene rings is 1. The summed E-state index contributed by atoms with van der Waals surface area (Å²) >= 11 is 5.81. The predicted octanol–water partition coefficient (Wildman–Crippen LogP) is 2.47. The summed E-state index contributed by atoms with van der Waals surface area (Å²) in [7, 11) is 1.78. The summed E-state index contributed by atoms with van der Waals surface area (Å²) in [6.45, 7) is 4.31. The highest BCUT2D eigenvalue weighted by Gasteiger charge is 2.21. The summed E-state index contributed by atoms with van der Waals surface area (Å²) in [5.41, 5.74) is 0.698. The molecule has 1 heterocycles. The Balaban J connectivity index is 1.75. The average Bonchev–Trinajstić information content (AvgIpc) is 2.50. The highest BCUT2D eigenvalue weighted by molar-refractivity contribution is 6.30. The van der Waals surface area contributed by atoms with Gasteiger partial charge in [-0.2, -0.15) is 0 Å². The summed E-state index contributed by atoms with van der Waals surface area (Å²) < 4.78 is 0. The Bertz CT molecular complexity index is 539. The Hall–Kier alpha value is -1.59. The van der Waals surface area contributed by atoms with Crippen molar-refractivity contribution in [3.05, 3.63) is 29.3 Å². The molecule has 1 aliphatic heterocycles. The molecule has 0 saturated carbocycles. The molecular weight excluding hydrogens is 314 g/mol. The van der Waals surface area contributed by atoms with Crippen LogP contribution in [0.1, 0.15) is 19.8 Å². The van der Waals surface area contributed by atoms with Crippen LogP contribution < -0.4 is 5.32 Å². The van der Waals surface area contributed by atoms with Crippen LogP contribution >= 0.6 is 11.6 Å². The van der Waals surface area contributed by atoms with Gasteiger partial charge in [-0.1, -0.05) is 18.5 Å². The zero-order valence-corrected chi connectivity index (χ0v) is 14.5. The van der Waals surface area contributed by atoms with Crippen molar-refractivity contribution >= 4 is 29.1 Å². The molecule has 0 aliphatic carbocycles. The number of anilines is 1. The number of hydrogen-bond donors (Lipinski definition) is 1. The van der Waals surface area contributed by atoms with E-state index in [1.54, 1.807) is 36.2 Å². The maximum Gasteiger partial charge on any atom is 0.238 e. The number of amides is 2. The van der Waals surface area contributed by atoms with Crippen LogP contribution in [0.25, 0.3) is 0 Å². The highest BCUT2D eigenvalue weighted by atomic mass is 35.5. The third kappa shape index (κ3) is 5.84. The fourth-order valence-corrected chi connectivity index (χ4v) is 2.75. The number of nitrogens with zero attached hydrogens (tertiary/aromatic N) is 2. The van der Waals surface area contributed by atoms with Gasteiger partial charge >= 0.3 is 0 Å². The maximum absolute atomic E-state index is 12.2. The van der Waals surface area contributed by atoms with E-state index < -0.39 is 0 Å². The first kappa shape index (κ1) is 17.8. The lowest BCUT2D eigenvalue weighted by Crippen LogP contribution is -2.44. The van der Waals surface area contributed by atoms with Gasteiger partial charge in [0.1, 0.15) is 0 Å². The molecule has 1 saturated heterocycles. The standard InChI is InChI=1S/C17H24ClN3O2/c1-13-7-9-21(10-8-13)17(23)12-20(2)11-16(22)19-15-5-3-14(18)4-6-15/h3-6,13H,7-12H2,1-2H3,(H,19,22). The summed E-state index contributed by atoms with van der Waals surface area (Å²) in [5.74, 6) is 0.649. The normalized spacial score (nSPS) is 15.7. The number of carbonyl (C=O) groups excluding carboxylic acids is 2. The van der Waals surface area contributed by atoms with E-state index in [2.05, 4.69) is 12.2 Å². The number of halogens is 1. The van der Waals surface area contributed by atoms with E-state index in [4.69, 9.17) is 11.6 Å². The van der Waals surface area contributed by atoms with Crippen molar-refractivity contribution in [3.63, 3.8) is 0 Å². The number of likely N-dealkylation sites (N-methyl/N-ethyl adjacent to an activating group) is 1. The summed E-state index contributed by atoms with van der Waals surface area (Å²) in [6, 6.07) is 6.95. The van der Waals surface area contributed by atoms with Crippen LogP contribution in [0, 0.1) is 5.92 Å². The Morgan fingerprint density at radius 3 is 2.43 bits per heavy atom. The number of carbonyl (C=O) groups is 2. The molecule has 1 aromatic carbocycles. The molecule has 23 heavy (non-hydrogen) atoms. The maximum atomic E-state index is 12.2. The minimum absolute atomic E-state index is 0.0960. The molecule has 0 unspecified atom stereocenters. The second-order valence-corrected chi connectivity index (χ2v) is 6.73. The van der Waals surface area contributed by atoms with Gasteiger partial charge in [0.25, 0.3) is 0 Å². The molecule has 2 rings (SSSR count). The molecule has 6 heteroatoms. The summed E-state index contributed by atoms with van der Waals surface area (Å²) in [6.07, 6.45) is 2.12. The van der Waals surface area contributed by atoms with Crippen LogP contribution in [0.15, 0.2) is 24.3 Å². The molecule has 0 radical (unpaired) electrons. The molecule has 0 spiro atoms. The Morgan fingerprint density at radius 1 is 1.22 bits per heavy atom. The van der Waals surface area contributed by atoms with Crippen LogP contribution in [-0.4, -0.2) is 54.8 Å². The Labute approximate surface area is 142 Å². The first-order chi connectivity index (χ1) is 10.9. The van der Waals surface area contributed by atoms with Crippen LogP contribution in [0.2, 0.25) is 5.02 Å². The minimum atomic E-state index is -0.144. The van der Waals surface area contributed by atoms with Gasteiger partial charge in [0.05, 0.1) is 13.1 Å². The van der Waals surface area contributed by atoms with Crippen molar-refractivity contribution in [1.82, 2.24) is 9.80 Å². The minimum Gasteiger partial charge on any atom is -0.342 e. The zero-order chi connectivity index (χ0) is 16.8. The smallest absolute Gasteiger partial charge is 0.238 e. The molecule has 1 aliphatic rings. The average molecular weight is 338 g/mol. The van der Waals surface area contributed by atoms with E-state index in [0.717, 1.165) is 25.9 Å². The summed E-state index contributed by atoms with van der Waals surface area (Å²) in [5, 5.41) is 3.42. The quantitative estimate of drug-likeness (QED) is 0.898. The SMILES string of the molecule is CC1CCN(C(=O)CN(C)CC(=O)Nc2ccc(Cl)cc2)CC1. The molecule has 0 aromatic heterocycles. The van der Waals surface area contributed by atoms with Gasteiger partial charge < -0.3 is 10.2 Å². The second-order valence-electron chi connectivity index (χ2n) is 6.29. The van der Waals surface area contributed by atoms with Gasteiger partial charge in [0.2, 0.25) is 11.8 Å². The molecule has 1 fully saturated rings. The van der Waals surface area contributed by atoms with Crippen molar-refractivity contribution in [1.29, 1.82) is 0 Å². The lowest BCUT2D eigenvalue weighted by atomic mass is 9.99. The molecule has 0 atom stereocenters. The highest BCUT2D eigenvalue weighted by Crippen LogP contribution is 2.16. The van der Waals surface area contributed by atoms with Crippen molar-refractivity contribution in [2.24, 2.45) is 5.92 Å². The number of nitrogens with one attached hydrogen (secondary N) is 1. The first-order valence-corrected chi connectivity index (χ1v) is 8.33. The zero-order valence-electron chi connectivity index (χ0n) is 13.7. The van der Waals surface area contributed by atoms with Gasteiger partial charge in [-0.05, 0) is 50.1 Å². The molecule has 0 bridgehead atoms. The number of piperidine rings is 1. The van der Waals surface area contributed by atoms with E-state index in [0.29, 0.717) is 16.6 Å². The number of hydrogen-bond acceptors (Lipinski definition) is 3. The van der Waals surface area contributed by atoms with E-state index in [-0.39, 0.29) is 24.9 Å². The number of likely N-dealkylation sites (tertiary alicyclic amines) is 1. The van der Waals surface area contributed by atoms with Crippen molar-refractivity contribution in [2.75, 3.05) is 38.5 Å². The van der Waals surface area contributed by atoms with Crippen molar-refractivity contribution in [2.45, 2.75) is 19.8 Å². The van der Waals surface area contributed by atoms with Gasteiger partial charge in [0, 0.05) is 23.8 Å². The molecule has 126 valence electrons. The van der Waals surface area contributed by atoms with E-state index in [1.807, 2.05) is 4.90 Å². The molecule has 2 amide bonds. The monoisotopic (exact) mass is 337 g/mol. The Morgan fingerprint density at radius 2 is 1.83 bits per heavy atom. The molecule has 1 aromatic rings. The summed E-state index contributed by atoms with van der Waals surface area (Å²) in [4.78, 5) is 27.9. The van der Waals surface area contributed by atoms with Crippen LogP contribution in [0.5, 0.6) is 0 Å². The van der Waals surface area contributed by atoms with Crippen LogP contribution in [0.4, 0.5) is 5.69 Å². The lowest BCUT2D eigenvalue weighted by molar-refractivity contribution is -0.133. The molecular formula is C17H24ClN3O2. The molecule has 1 N–H and O–H groups in total. The van der Waals surface area contributed by atoms with Gasteiger partial charge in [-0.3, -0.25) is 14.5 Å². The fraction of sp³-hybridized carbons (Fsp3) is 0.529.